The fourth-order valence-electron chi connectivity index (χ4n) is 3.18. The van der Waals surface area contributed by atoms with E-state index in [1.54, 1.807) is 0 Å². The molecule has 0 saturated heterocycles. The quantitative estimate of drug-likeness (QED) is 0.169. The van der Waals surface area contributed by atoms with Gasteiger partial charge in [0.15, 0.2) is 0 Å². The first kappa shape index (κ1) is 30.8. The molecule has 0 radical (unpaired) electrons. The van der Waals surface area contributed by atoms with Crippen LogP contribution in [-0.2, 0) is 4.79 Å². The molecular weight excluding hydrogens is 370 g/mol. The lowest BCUT2D eigenvalue weighted by atomic mass is 10.1. The van der Waals surface area contributed by atoms with Crippen LogP contribution in [0.15, 0.2) is 36.5 Å². The van der Waals surface area contributed by atoms with Crippen LogP contribution in [0.2, 0.25) is 0 Å². The summed E-state index contributed by atoms with van der Waals surface area (Å²) in [4.78, 5) is 12.9. The first-order valence-electron chi connectivity index (χ1n) is 12.5. The van der Waals surface area contributed by atoms with Crippen LogP contribution in [0.4, 0.5) is 0 Å². The van der Waals surface area contributed by atoms with Crippen molar-refractivity contribution in [1.29, 1.82) is 0 Å². The van der Waals surface area contributed by atoms with Crippen molar-refractivity contribution in [3.8, 4) is 0 Å². The highest BCUT2D eigenvalue weighted by atomic mass is 16.4. The molecule has 0 aromatic heterocycles. The van der Waals surface area contributed by atoms with Gasteiger partial charge in [-0.1, -0.05) is 83.4 Å². The van der Waals surface area contributed by atoms with Crippen LogP contribution in [0.25, 0.3) is 0 Å². The zero-order valence-corrected chi connectivity index (χ0v) is 20.6. The Morgan fingerprint density at radius 3 is 1.63 bits per heavy atom. The average molecular weight is 422 g/mol. The van der Waals surface area contributed by atoms with E-state index in [0.29, 0.717) is 6.42 Å². The predicted octanol–water partition coefficient (Wildman–Crippen LogP) is 8.18. The summed E-state index contributed by atoms with van der Waals surface area (Å²) in [7, 11) is 0. The molecule has 0 saturated carbocycles. The van der Waals surface area contributed by atoms with E-state index in [9.17, 15) is 4.79 Å². The van der Waals surface area contributed by atoms with Crippen LogP contribution >= 0.6 is 0 Å². The summed E-state index contributed by atoms with van der Waals surface area (Å²) in [6.07, 6.45) is 27.3. The number of hydrogen-bond acceptors (Lipinski definition) is 2. The zero-order chi connectivity index (χ0) is 22.7. The van der Waals surface area contributed by atoms with E-state index in [1.165, 1.54) is 51.7 Å². The van der Waals surface area contributed by atoms with Crippen molar-refractivity contribution in [3.63, 3.8) is 0 Å². The minimum Gasteiger partial charge on any atom is -0.481 e. The molecule has 1 N–H and O–H groups in total. The number of unbranched alkanes of at least 4 members (excludes halogenated alkanes) is 5. The average Bonchev–Trinajstić information content (AvgIpc) is 2.72. The smallest absolute Gasteiger partial charge is 0.303 e. The normalized spacial score (nSPS) is 11.6. The van der Waals surface area contributed by atoms with E-state index in [-0.39, 0.29) is 0 Å². The number of carboxylic acid groups (broad SMARTS) is 1. The Bertz CT molecular complexity index is 412. The van der Waals surface area contributed by atoms with Crippen molar-refractivity contribution in [2.75, 3.05) is 19.6 Å². The molecular formula is C27H51NO2. The number of nitrogens with zero attached hydrogens (tertiary/aromatic N) is 1. The molecule has 176 valence electrons. The van der Waals surface area contributed by atoms with E-state index in [0.717, 1.165) is 44.9 Å². The number of hydrogen-bond donors (Lipinski definition) is 1. The monoisotopic (exact) mass is 421 g/mol. The minimum absolute atomic E-state index is 0.319. The fraction of sp³-hybridized carbons (Fsp3) is 0.741. The molecule has 0 unspecified atom stereocenters. The van der Waals surface area contributed by atoms with Gasteiger partial charge in [0.2, 0.25) is 0 Å². The van der Waals surface area contributed by atoms with Crippen LogP contribution in [0.5, 0.6) is 0 Å². The second-order valence-corrected chi connectivity index (χ2v) is 7.84. The number of rotatable bonds is 19. The Morgan fingerprint density at radius 1 is 0.667 bits per heavy atom. The van der Waals surface area contributed by atoms with Gasteiger partial charge in [-0.3, -0.25) is 4.79 Å². The molecule has 0 aromatic carbocycles. The van der Waals surface area contributed by atoms with E-state index >= 15 is 0 Å². The third kappa shape index (κ3) is 28.9. The van der Waals surface area contributed by atoms with Gasteiger partial charge in [-0.15, -0.1) is 0 Å². The molecule has 0 aliphatic carbocycles. The van der Waals surface area contributed by atoms with Crippen molar-refractivity contribution >= 4 is 5.97 Å². The van der Waals surface area contributed by atoms with Gasteiger partial charge < -0.3 is 10.0 Å². The lowest BCUT2D eigenvalue weighted by Crippen LogP contribution is -2.25. The van der Waals surface area contributed by atoms with Gasteiger partial charge in [-0.2, -0.15) is 0 Å². The molecule has 3 heteroatoms. The second-order valence-electron chi connectivity index (χ2n) is 7.84. The highest BCUT2D eigenvalue weighted by Gasteiger charge is 1.98. The van der Waals surface area contributed by atoms with Crippen LogP contribution in [0.1, 0.15) is 111 Å². The van der Waals surface area contributed by atoms with Gasteiger partial charge >= 0.3 is 5.97 Å². The molecule has 0 aromatic rings. The Hall–Kier alpha value is -1.35. The summed E-state index contributed by atoms with van der Waals surface area (Å²) in [6.45, 7) is 12.7. The van der Waals surface area contributed by atoms with Gasteiger partial charge in [-0.25, -0.2) is 0 Å². The number of allylic oxidation sites excluding steroid dienone is 6. The molecule has 0 aliphatic rings. The van der Waals surface area contributed by atoms with Crippen molar-refractivity contribution in [2.45, 2.75) is 111 Å². The van der Waals surface area contributed by atoms with Crippen LogP contribution < -0.4 is 0 Å². The van der Waals surface area contributed by atoms with Gasteiger partial charge in [0.05, 0.1) is 0 Å². The summed E-state index contributed by atoms with van der Waals surface area (Å²) in [5.74, 6) is -0.675. The van der Waals surface area contributed by atoms with Gasteiger partial charge in [0.1, 0.15) is 0 Å². The molecule has 30 heavy (non-hydrogen) atoms. The van der Waals surface area contributed by atoms with Gasteiger partial charge in [0, 0.05) is 6.42 Å². The largest absolute Gasteiger partial charge is 0.481 e. The molecule has 0 rings (SSSR count). The third-order valence-electron chi connectivity index (χ3n) is 4.66. The summed E-state index contributed by atoms with van der Waals surface area (Å²) >= 11 is 0. The van der Waals surface area contributed by atoms with Crippen molar-refractivity contribution in [2.24, 2.45) is 0 Å². The lowest BCUT2D eigenvalue weighted by Gasteiger charge is -2.19. The van der Waals surface area contributed by atoms with Gasteiger partial charge in [0.25, 0.3) is 0 Å². The lowest BCUT2D eigenvalue weighted by molar-refractivity contribution is -0.137. The number of carboxylic acids is 1. The number of aliphatic carboxylic acids is 1. The predicted molar refractivity (Wildman–Crippen MR) is 134 cm³/mol. The highest BCUT2D eigenvalue weighted by molar-refractivity contribution is 5.66. The van der Waals surface area contributed by atoms with Gasteiger partial charge in [-0.05, 0) is 77.4 Å². The van der Waals surface area contributed by atoms with Crippen molar-refractivity contribution < 1.29 is 9.90 Å². The molecule has 0 amide bonds. The topological polar surface area (TPSA) is 40.5 Å². The third-order valence-corrected chi connectivity index (χ3v) is 4.66. The summed E-state index contributed by atoms with van der Waals surface area (Å²) in [5.41, 5.74) is 0. The Kier molecular flexibility index (Phi) is 28.4. The summed E-state index contributed by atoms with van der Waals surface area (Å²) in [6, 6.07) is 0. The van der Waals surface area contributed by atoms with Crippen molar-refractivity contribution in [1.82, 2.24) is 4.90 Å². The maximum absolute atomic E-state index is 10.3. The molecule has 3 nitrogen and oxygen atoms in total. The maximum atomic E-state index is 10.3. The highest BCUT2D eigenvalue weighted by Crippen LogP contribution is 2.07. The van der Waals surface area contributed by atoms with E-state index in [1.807, 2.05) is 0 Å². The minimum atomic E-state index is -0.675. The zero-order valence-electron chi connectivity index (χ0n) is 20.6. The fourth-order valence-corrected chi connectivity index (χ4v) is 3.18. The first-order chi connectivity index (χ1) is 14.6. The number of carbonyl (C=O) groups is 1. The van der Waals surface area contributed by atoms with E-state index in [4.69, 9.17) is 5.11 Å². The summed E-state index contributed by atoms with van der Waals surface area (Å²) < 4.78 is 0. The Morgan fingerprint density at radius 2 is 1.13 bits per heavy atom. The summed E-state index contributed by atoms with van der Waals surface area (Å²) in [5, 5.41) is 8.50. The standard InChI is InChI=1S/C18H30O2.C9H21N/c1-2-3-4-5-6-7-8-9-10-11-12-13-14-15-16-17-18(19)20;1-4-7-10(8-5-2)9-6-3/h3-4,6-7,9-10H,2,5,8,11-17H2,1H3,(H,19,20);4-9H2,1-3H3/b4-3-,7-6-,10-9-;. The van der Waals surface area contributed by atoms with Crippen LogP contribution in [0.3, 0.4) is 0 Å². The molecule has 0 bridgehead atoms. The first-order valence-corrected chi connectivity index (χ1v) is 12.5. The maximum Gasteiger partial charge on any atom is 0.303 e. The molecule has 0 spiro atoms. The van der Waals surface area contributed by atoms with Crippen LogP contribution in [0, 0.1) is 0 Å². The Labute approximate surface area is 188 Å². The molecule has 0 aliphatic heterocycles. The molecule has 0 fully saturated rings. The van der Waals surface area contributed by atoms with Crippen LogP contribution in [-0.4, -0.2) is 35.6 Å². The molecule has 0 atom stereocenters. The Balaban J connectivity index is 0. The van der Waals surface area contributed by atoms with E-state index in [2.05, 4.69) is 69.1 Å². The molecule has 0 heterocycles. The SMILES string of the molecule is CC/C=C\C/C=C\C/C=C\CCCCCCCC(=O)O.CCCN(CCC)CCC. The second kappa shape index (κ2) is 27.6. The van der Waals surface area contributed by atoms with Crippen molar-refractivity contribution in [3.05, 3.63) is 36.5 Å². The van der Waals surface area contributed by atoms with E-state index < -0.39 is 5.97 Å².